The zero-order valence-corrected chi connectivity index (χ0v) is 10.0. The summed E-state index contributed by atoms with van der Waals surface area (Å²) < 4.78 is 0. The second-order valence-corrected chi connectivity index (χ2v) is 3.74. The fourth-order valence-corrected chi connectivity index (χ4v) is 1.47. The summed E-state index contributed by atoms with van der Waals surface area (Å²) >= 11 is 0. The smallest absolute Gasteiger partial charge is 0.317 e. The van der Waals surface area contributed by atoms with Gasteiger partial charge in [-0.15, -0.1) is 0 Å². The van der Waals surface area contributed by atoms with Crippen LogP contribution in [0.1, 0.15) is 20.7 Å². The van der Waals surface area contributed by atoms with Gasteiger partial charge in [0.05, 0.1) is 5.56 Å². The number of hydrogen-bond acceptors (Lipinski definition) is 4. The molecule has 0 radical (unpaired) electrons. The van der Waals surface area contributed by atoms with Crippen LogP contribution in [-0.4, -0.2) is 17.0 Å². The van der Waals surface area contributed by atoms with Crippen LogP contribution in [0.3, 0.4) is 0 Å². The molecule has 0 aliphatic rings. The molecule has 0 spiro atoms. The van der Waals surface area contributed by atoms with Crippen LogP contribution in [-0.2, 0) is 4.84 Å². The van der Waals surface area contributed by atoms with Crippen molar-refractivity contribution in [2.45, 2.75) is 0 Å². The highest BCUT2D eigenvalue weighted by molar-refractivity contribution is 5.95. The average molecular weight is 256 g/mol. The summed E-state index contributed by atoms with van der Waals surface area (Å²) in [6.45, 7) is 0. The Morgan fingerprint density at radius 3 is 1.84 bits per heavy atom. The van der Waals surface area contributed by atoms with Gasteiger partial charge < -0.3 is 4.84 Å². The first-order chi connectivity index (χ1) is 9.18. The standard InChI is InChI=1S/C14H12N2O3/c15-16(13(17)11-7-3-1-4-8-11)19-14(18)12-9-5-2-6-10-12/h1-10H,15H2. The molecule has 0 atom stereocenters. The van der Waals surface area contributed by atoms with Gasteiger partial charge in [-0.05, 0) is 24.3 Å². The summed E-state index contributed by atoms with van der Waals surface area (Å²) in [6.07, 6.45) is 0. The molecule has 2 rings (SSSR count). The molecule has 2 aromatic carbocycles. The highest BCUT2D eigenvalue weighted by atomic mass is 16.7. The van der Waals surface area contributed by atoms with Crippen molar-refractivity contribution in [1.29, 1.82) is 0 Å². The molecule has 5 heteroatoms. The molecule has 0 fully saturated rings. The lowest BCUT2D eigenvalue weighted by Crippen LogP contribution is -2.39. The number of benzene rings is 2. The number of rotatable bonds is 2. The van der Waals surface area contributed by atoms with Crippen LogP contribution in [0.25, 0.3) is 0 Å². The van der Waals surface area contributed by atoms with E-state index >= 15 is 0 Å². The summed E-state index contributed by atoms with van der Waals surface area (Å²) in [7, 11) is 0. The molecule has 0 unspecified atom stereocenters. The van der Waals surface area contributed by atoms with Gasteiger partial charge in [-0.25, -0.2) is 10.6 Å². The van der Waals surface area contributed by atoms with Crippen molar-refractivity contribution in [3.63, 3.8) is 0 Å². The minimum atomic E-state index is -0.688. The van der Waals surface area contributed by atoms with E-state index < -0.39 is 11.9 Å². The van der Waals surface area contributed by atoms with Gasteiger partial charge in [-0.2, -0.15) is 0 Å². The van der Waals surface area contributed by atoms with Crippen molar-refractivity contribution in [3.8, 4) is 0 Å². The van der Waals surface area contributed by atoms with Crippen LogP contribution in [0.5, 0.6) is 0 Å². The molecular formula is C14H12N2O3. The highest BCUT2D eigenvalue weighted by Crippen LogP contribution is 2.05. The van der Waals surface area contributed by atoms with Gasteiger partial charge in [0.15, 0.2) is 0 Å². The number of carbonyl (C=O) groups is 2. The Labute approximate surface area is 110 Å². The Morgan fingerprint density at radius 2 is 1.32 bits per heavy atom. The number of amides is 1. The van der Waals surface area contributed by atoms with E-state index in [1.54, 1.807) is 60.7 Å². The quantitative estimate of drug-likeness (QED) is 0.505. The highest BCUT2D eigenvalue weighted by Gasteiger charge is 2.17. The predicted octanol–water partition coefficient (Wildman–Crippen LogP) is 1.77. The Balaban J connectivity index is 2.04. The van der Waals surface area contributed by atoms with Crippen LogP contribution in [0.4, 0.5) is 0 Å². The molecule has 0 bridgehead atoms. The fourth-order valence-electron chi connectivity index (χ4n) is 1.47. The Hall–Kier alpha value is -2.66. The SMILES string of the molecule is NN(OC(=O)c1ccccc1)C(=O)c1ccccc1. The molecule has 19 heavy (non-hydrogen) atoms. The molecule has 0 saturated heterocycles. The maximum Gasteiger partial charge on any atom is 0.365 e. The van der Waals surface area contributed by atoms with Crippen molar-refractivity contribution >= 4 is 11.9 Å². The summed E-state index contributed by atoms with van der Waals surface area (Å²) in [4.78, 5) is 28.3. The first kappa shape index (κ1) is 12.8. The normalized spacial score (nSPS) is 9.74. The van der Waals surface area contributed by atoms with Crippen molar-refractivity contribution in [2.24, 2.45) is 5.84 Å². The van der Waals surface area contributed by atoms with Crippen LogP contribution in [0.2, 0.25) is 0 Å². The molecule has 0 aliphatic carbocycles. The number of nitrogens with two attached hydrogens (primary N) is 1. The lowest BCUT2D eigenvalue weighted by Gasteiger charge is -2.15. The third-order valence-electron chi connectivity index (χ3n) is 2.41. The number of nitrogens with zero attached hydrogens (tertiary/aromatic N) is 1. The number of hydrogen-bond donors (Lipinski definition) is 1. The van der Waals surface area contributed by atoms with E-state index in [1.807, 2.05) is 0 Å². The summed E-state index contributed by atoms with van der Waals surface area (Å²) in [5.74, 6) is 4.15. The summed E-state index contributed by atoms with van der Waals surface area (Å²) in [5.41, 5.74) is 0.657. The first-order valence-corrected chi connectivity index (χ1v) is 5.60. The largest absolute Gasteiger partial charge is 0.365 e. The Bertz CT molecular complexity index is 570. The van der Waals surface area contributed by atoms with Gasteiger partial charge in [-0.3, -0.25) is 4.79 Å². The predicted molar refractivity (Wildman–Crippen MR) is 68.7 cm³/mol. The van der Waals surface area contributed by atoms with Gasteiger partial charge in [0.2, 0.25) is 0 Å². The molecule has 5 nitrogen and oxygen atoms in total. The van der Waals surface area contributed by atoms with E-state index in [-0.39, 0.29) is 0 Å². The number of hydrazine groups is 1. The van der Waals surface area contributed by atoms with Crippen molar-refractivity contribution in [3.05, 3.63) is 71.8 Å². The lowest BCUT2D eigenvalue weighted by molar-refractivity contribution is -0.0828. The first-order valence-electron chi connectivity index (χ1n) is 5.60. The van der Waals surface area contributed by atoms with E-state index in [2.05, 4.69) is 0 Å². The monoisotopic (exact) mass is 256 g/mol. The molecule has 1 amide bonds. The lowest BCUT2D eigenvalue weighted by atomic mass is 10.2. The maximum absolute atomic E-state index is 11.8. The van der Waals surface area contributed by atoms with Crippen LogP contribution < -0.4 is 5.84 Å². The second-order valence-electron chi connectivity index (χ2n) is 3.74. The molecule has 2 N–H and O–H groups in total. The number of carbonyl (C=O) groups excluding carboxylic acids is 2. The van der Waals surface area contributed by atoms with Gasteiger partial charge in [0.25, 0.3) is 0 Å². The molecule has 0 aliphatic heterocycles. The fraction of sp³-hybridized carbons (Fsp3) is 0. The molecule has 96 valence electrons. The van der Waals surface area contributed by atoms with E-state index in [4.69, 9.17) is 10.7 Å². The van der Waals surface area contributed by atoms with Crippen molar-refractivity contribution in [2.75, 3.05) is 0 Å². The minimum Gasteiger partial charge on any atom is -0.317 e. The van der Waals surface area contributed by atoms with E-state index in [0.29, 0.717) is 16.3 Å². The van der Waals surface area contributed by atoms with Crippen LogP contribution >= 0.6 is 0 Å². The maximum atomic E-state index is 11.8. The van der Waals surface area contributed by atoms with Crippen molar-refractivity contribution < 1.29 is 14.4 Å². The van der Waals surface area contributed by atoms with Crippen LogP contribution in [0.15, 0.2) is 60.7 Å². The van der Waals surface area contributed by atoms with E-state index in [9.17, 15) is 9.59 Å². The minimum absolute atomic E-state index is 0.318. The van der Waals surface area contributed by atoms with Gasteiger partial charge in [-0.1, -0.05) is 41.6 Å². The van der Waals surface area contributed by atoms with Crippen molar-refractivity contribution in [1.82, 2.24) is 5.17 Å². The van der Waals surface area contributed by atoms with E-state index in [1.165, 1.54) is 0 Å². The van der Waals surface area contributed by atoms with Gasteiger partial charge >= 0.3 is 11.9 Å². The number of hydroxylamine groups is 1. The molecule has 0 aromatic heterocycles. The zero-order chi connectivity index (χ0) is 13.7. The molecular weight excluding hydrogens is 244 g/mol. The average Bonchev–Trinajstić information content (AvgIpc) is 2.48. The van der Waals surface area contributed by atoms with Crippen LogP contribution in [0, 0.1) is 0 Å². The third kappa shape index (κ3) is 3.17. The topological polar surface area (TPSA) is 72.6 Å². The Kier molecular flexibility index (Phi) is 3.90. The summed E-state index contributed by atoms with van der Waals surface area (Å²) in [5, 5.41) is 0.435. The van der Waals surface area contributed by atoms with Gasteiger partial charge in [0, 0.05) is 5.56 Å². The molecule has 0 saturated carbocycles. The molecule has 2 aromatic rings. The zero-order valence-electron chi connectivity index (χ0n) is 10.0. The Morgan fingerprint density at radius 1 is 0.842 bits per heavy atom. The molecule has 0 heterocycles. The second kappa shape index (κ2) is 5.79. The summed E-state index contributed by atoms with van der Waals surface area (Å²) in [6, 6.07) is 16.6. The van der Waals surface area contributed by atoms with E-state index in [0.717, 1.165) is 0 Å². The third-order valence-corrected chi connectivity index (χ3v) is 2.41. The van der Waals surface area contributed by atoms with Gasteiger partial charge in [0.1, 0.15) is 0 Å².